The number of Topliss-reactive ketones (excluding diaryl/α,β-unsaturated/α-hetero) is 1. The Labute approximate surface area is 190 Å². The van der Waals surface area contributed by atoms with E-state index in [4.69, 9.17) is 0 Å². The number of hydrogen-bond donors (Lipinski definition) is 1. The minimum Gasteiger partial charge on any atom is -0.339 e. The van der Waals surface area contributed by atoms with E-state index in [-0.39, 0.29) is 23.6 Å². The highest BCUT2D eigenvalue weighted by molar-refractivity contribution is 7.89. The van der Waals surface area contributed by atoms with E-state index < -0.39 is 10.0 Å². The molecule has 0 radical (unpaired) electrons. The van der Waals surface area contributed by atoms with Crippen LogP contribution >= 0.6 is 0 Å². The van der Waals surface area contributed by atoms with Crippen LogP contribution in [0.4, 0.5) is 0 Å². The quantitative estimate of drug-likeness (QED) is 0.692. The number of ketones is 1. The third-order valence-corrected chi connectivity index (χ3v) is 8.39. The van der Waals surface area contributed by atoms with Crippen LogP contribution in [0.5, 0.6) is 0 Å². The van der Waals surface area contributed by atoms with E-state index >= 15 is 0 Å². The second-order valence-electron chi connectivity index (χ2n) is 8.58. The van der Waals surface area contributed by atoms with Crippen molar-refractivity contribution in [3.8, 4) is 0 Å². The average molecular weight is 461 g/mol. The Hall–Kier alpha value is -2.49. The zero-order valence-corrected chi connectivity index (χ0v) is 19.6. The van der Waals surface area contributed by atoms with Gasteiger partial charge in [0.2, 0.25) is 10.0 Å². The molecular weight excluding hydrogens is 428 g/mol. The van der Waals surface area contributed by atoms with Crippen LogP contribution in [0.25, 0.3) is 0 Å². The molecule has 1 N–H and O–H groups in total. The SMILES string of the molecule is CCNS(=O)(=O)c1ccc(C(=O)N2CCC3(CC2)c2ccc(C(C)=O)n2CCN3C)cc1.[HH]. The van der Waals surface area contributed by atoms with Crippen molar-refractivity contribution in [2.45, 2.75) is 43.7 Å². The van der Waals surface area contributed by atoms with Crippen LogP contribution in [0.1, 0.15) is 54.7 Å². The van der Waals surface area contributed by atoms with Gasteiger partial charge in [0.1, 0.15) is 0 Å². The molecule has 9 heteroatoms. The monoisotopic (exact) mass is 460 g/mol. The predicted molar refractivity (Wildman–Crippen MR) is 123 cm³/mol. The van der Waals surface area contributed by atoms with Crippen LogP contribution in [0.15, 0.2) is 41.3 Å². The molecule has 0 unspecified atom stereocenters. The van der Waals surface area contributed by atoms with Gasteiger partial charge in [-0.15, -0.1) is 0 Å². The Morgan fingerprint density at radius 3 is 2.28 bits per heavy atom. The summed E-state index contributed by atoms with van der Waals surface area (Å²) in [5.74, 6) is -0.0197. The van der Waals surface area contributed by atoms with Crippen molar-refractivity contribution in [2.75, 3.05) is 33.2 Å². The highest BCUT2D eigenvalue weighted by Gasteiger charge is 2.45. The number of carbonyl (C=O) groups is 2. The maximum Gasteiger partial charge on any atom is 0.253 e. The molecule has 2 aliphatic heterocycles. The molecule has 174 valence electrons. The number of nitrogens with zero attached hydrogens (tertiary/aromatic N) is 3. The second kappa shape index (κ2) is 8.46. The first-order valence-electron chi connectivity index (χ1n) is 11.0. The number of amides is 1. The number of benzene rings is 1. The lowest BCUT2D eigenvalue weighted by Gasteiger charge is -2.50. The van der Waals surface area contributed by atoms with Gasteiger partial charge in [-0.1, -0.05) is 6.92 Å². The Kier molecular flexibility index (Phi) is 6.00. The van der Waals surface area contributed by atoms with Gasteiger partial charge < -0.3 is 9.47 Å². The smallest absolute Gasteiger partial charge is 0.253 e. The average Bonchev–Trinajstić information content (AvgIpc) is 3.22. The van der Waals surface area contributed by atoms with Crippen LogP contribution in [0.3, 0.4) is 0 Å². The van der Waals surface area contributed by atoms with Crippen LogP contribution in [-0.4, -0.2) is 67.7 Å². The molecular formula is C23H32N4O4S. The molecule has 0 atom stereocenters. The summed E-state index contributed by atoms with van der Waals surface area (Å²) in [6.45, 7) is 6.48. The highest BCUT2D eigenvalue weighted by atomic mass is 32.2. The molecule has 3 heterocycles. The molecule has 32 heavy (non-hydrogen) atoms. The zero-order valence-electron chi connectivity index (χ0n) is 18.8. The first-order valence-corrected chi connectivity index (χ1v) is 12.5. The van der Waals surface area contributed by atoms with Gasteiger partial charge in [0.15, 0.2) is 5.78 Å². The standard InChI is InChI=1S/C23H30N4O4S.H2/c1-4-24-32(30,31)19-7-5-18(6-8-19)22(29)26-13-11-23(12-14-26)21-10-9-20(17(2)28)27(21)16-15-25(23)3;/h5-10,24H,4,11-16H2,1-3H3;1H. The second-order valence-corrected chi connectivity index (χ2v) is 10.3. The Balaban J connectivity index is 0.00000306. The fourth-order valence-electron chi connectivity index (χ4n) is 5.03. The van der Waals surface area contributed by atoms with Crippen LogP contribution in [-0.2, 0) is 22.1 Å². The van der Waals surface area contributed by atoms with Crippen LogP contribution < -0.4 is 4.72 Å². The first-order chi connectivity index (χ1) is 15.2. The Bertz CT molecular complexity index is 1140. The summed E-state index contributed by atoms with van der Waals surface area (Å²) in [4.78, 5) is 29.4. The van der Waals surface area contributed by atoms with Crippen molar-refractivity contribution in [1.82, 2.24) is 19.1 Å². The largest absolute Gasteiger partial charge is 0.339 e. The maximum atomic E-state index is 13.1. The van der Waals surface area contributed by atoms with Gasteiger partial charge in [0.05, 0.1) is 16.1 Å². The molecule has 1 fully saturated rings. The van der Waals surface area contributed by atoms with Crippen molar-refractivity contribution >= 4 is 21.7 Å². The van der Waals surface area contributed by atoms with Gasteiger partial charge in [-0.25, -0.2) is 13.1 Å². The van der Waals surface area contributed by atoms with Gasteiger partial charge in [-0.3, -0.25) is 14.5 Å². The summed E-state index contributed by atoms with van der Waals surface area (Å²) < 4.78 is 28.9. The number of fused-ring (bicyclic) bond motifs is 2. The molecule has 8 nitrogen and oxygen atoms in total. The number of aromatic nitrogens is 1. The maximum absolute atomic E-state index is 13.1. The molecule has 0 aliphatic carbocycles. The summed E-state index contributed by atoms with van der Waals surface area (Å²) >= 11 is 0. The predicted octanol–water partition coefficient (Wildman–Crippen LogP) is 2.31. The van der Waals surface area contributed by atoms with Gasteiger partial charge in [-0.05, 0) is 56.3 Å². The summed E-state index contributed by atoms with van der Waals surface area (Å²) in [6.07, 6.45) is 1.56. The normalized spacial score (nSPS) is 18.5. The Morgan fingerprint density at radius 1 is 1.03 bits per heavy atom. The summed E-state index contributed by atoms with van der Waals surface area (Å²) in [6, 6.07) is 10.1. The van der Waals surface area contributed by atoms with Gasteiger partial charge in [-0.2, -0.15) is 0 Å². The molecule has 0 saturated carbocycles. The summed E-state index contributed by atoms with van der Waals surface area (Å²) in [5, 5.41) is 0. The topological polar surface area (TPSA) is 91.7 Å². The minimum atomic E-state index is -3.54. The molecule has 1 aromatic carbocycles. The van der Waals surface area contributed by atoms with E-state index in [2.05, 4.69) is 27.3 Å². The van der Waals surface area contributed by atoms with Crippen molar-refractivity contribution in [2.24, 2.45) is 0 Å². The third kappa shape index (κ3) is 3.78. The van der Waals surface area contributed by atoms with E-state index in [0.717, 1.165) is 37.3 Å². The number of likely N-dealkylation sites (N-methyl/N-ethyl adjacent to an activating group) is 1. The number of piperidine rings is 1. The van der Waals surface area contributed by atoms with Crippen molar-refractivity contribution < 1.29 is 19.4 Å². The summed E-state index contributed by atoms with van der Waals surface area (Å²) in [7, 11) is -1.43. The first kappa shape index (κ1) is 22.7. The summed E-state index contributed by atoms with van der Waals surface area (Å²) in [5.41, 5.74) is 2.20. The van der Waals surface area contributed by atoms with E-state index in [1.165, 1.54) is 12.1 Å². The third-order valence-electron chi connectivity index (χ3n) is 6.83. The fourth-order valence-corrected chi connectivity index (χ4v) is 6.07. The highest BCUT2D eigenvalue weighted by Crippen LogP contribution is 2.41. The van der Waals surface area contributed by atoms with E-state index in [9.17, 15) is 18.0 Å². The minimum absolute atomic E-state index is 0. The molecule has 0 bridgehead atoms. The lowest BCUT2D eigenvalue weighted by Crippen LogP contribution is -2.56. The molecule has 4 rings (SSSR count). The van der Waals surface area contributed by atoms with Crippen molar-refractivity contribution in [3.05, 3.63) is 53.3 Å². The molecule has 1 spiro atoms. The number of hydrogen-bond acceptors (Lipinski definition) is 5. The van der Waals surface area contributed by atoms with Crippen molar-refractivity contribution in [3.63, 3.8) is 0 Å². The lowest BCUT2D eigenvalue weighted by molar-refractivity contribution is 0.0128. The molecule has 1 amide bonds. The van der Waals surface area contributed by atoms with Crippen LogP contribution in [0.2, 0.25) is 0 Å². The lowest BCUT2D eigenvalue weighted by atomic mass is 9.81. The molecule has 1 saturated heterocycles. The number of sulfonamides is 1. The van der Waals surface area contributed by atoms with Gasteiger partial charge in [0.25, 0.3) is 5.91 Å². The van der Waals surface area contributed by atoms with Crippen LogP contribution in [0, 0.1) is 0 Å². The number of likely N-dealkylation sites (tertiary alicyclic amines) is 1. The van der Waals surface area contributed by atoms with Gasteiger partial charge >= 0.3 is 0 Å². The number of rotatable bonds is 5. The molecule has 1 aromatic heterocycles. The Morgan fingerprint density at radius 2 is 1.69 bits per heavy atom. The molecule has 2 aromatic rings. The zero-order chi connectivity index (χ0) is 23.1. The number of nitrogens with one attached hydrogen (secondary N) is 1. The van der Waals surface area contributed by atoms with E-state index in [1.807, 2.05) is 11.0 Å². The molecule has 2 aliphatic rings. The van der Waals surface area contributed by atoms with E-state index in [0.29, 0.717) is 25.2 Å². The van der Waals surface area contributed by atoms with Crippen molar-refractivity contribution in [1.29, 1.82) is 0 Å². The van der Waals surface area contributed by atoms with E-state index in [1.54, 1.807) is 26.0 Å². The van der Waals surface area contributed by atoms with Gasteiger partial charge in [0, 0.05) is 52.3 Å². The number of carbonyl (C=O) groups excluding carboxylic acids is 2. The fraction of sp³-hybridized carbons (Fsp3) is 0.478.